The number of benzene rings is 3. The molecule has 0 amide bonds. The van der Waals surface area contributed by atoms with Gasteiger partial charge in [0.2, 0.25) is 0 Å². The van der Waals surface area contributed by atoms with Crippen molar-refractivity contribution in [3.05, 3.63) is 127 Å². The van der Waals surface area contributed by atoms with E-state index in [2.05, 4.69) is 0 Å². The molecule has 0 aliphatic heterocycles. The lowest BCUT2D eigenvalue weighted by Gasteiger charge is -2.19. The van der Waals surface area contributed by atoms with Gasteiger partial charge >= 0.3 is 11.9 Å². The first-order chi connectivity index (χ1) is 17.5. The Morgan fingerprint density at radius 2 is 1.68 bits per heavy atom. The van der Waals surface area contributed by atoms with Crippen molar-refractivity contribution in [3.8, 4) is 11.1 Å². The summed E-state index contributed by atoms with van der Waals surface area (Å²) >= 11 is 6.38. The van der Waals surface area contributed by atoms with Crippen LogP contribution in [0.3, 0.4) is 0 Å². The highest BCUT2D eigenvalue weighted by Crippen LogP contribution is 2.33. The lowest BCUT2D eigenvalue weighted by molar-refractivity contribution is -0.138. The molecule has 1 aromatic heterocycles. The van der Waals surface area contributed by atoms with Gasteiger partial charge in [0.25, 0.3) is 5.56 Å². The van der Waals surface area contributed by atoms with E-state index in [4.69, 9.17) is 17.3 Å². The number of nitrogens with zero attached hydrogens (tertiary/aromatic N) is 2. The molecule has 37 heavy (non-hydrogen) atoms. The zero-order valence-corrected chi connectivity index (χ0v) is 20.4. The van der Waals surface area contributed by atoms with Gasteiger partial charge in [-0.15, -0.1) is 0 Å². The molecule has 0 fully saturated rings. The summed E-state index contributed by atoms with van der Waals surface area (Å²) in [5.74, 6) is -1.13. The van der Waals surface area contributed by atoms with Crippen molar-refractivity contribution in [2.24, 2.45) is 5.73 Å². The van der Waals surface area contributed by atoms with Crippen LogP contribution in [0.15, 0.2) is 82.5 Å². The number of hydrogen-bond acceptors (Lipinski definition) is 3. The van der Waals surface area contributed by atoms with Crippen molar-refractivity contribution in [2.75, 3.05) is 0 Å². The predicted octanol–water partition coefficient (Wildman–Crippen LogP) is 5.55. The van der Waals surface area contributed by atoms with Crippen LogP contribution in [0.4, 0.5) is 17.6 Å². The molecule has 0 unspecified atom stereocenters. The number of nitrogens with two attached hydrogens (primary N) is 1. The van der Waals surface area contributed by atoms with Gasteiger partial charge in [-0.3, -0.25) is 13.9 Å². The van der Waals surface area contributed by atoms with Gasteiger partial charge in [0, 0.05) is 28.4 Å². The van der Waals surface area contributed by atoms with Crippen molar-refractivity contribution in [2.45, 2.75) is 32.2 Å². The molecule has 0 saturated heterocycles. The van der Waals surface area contributed by atoms with Crippen LogP contribution in [-0.4, -0.2) is 9.13 Å². The third-order valence-electron chi connectivity index (χ3n) is 6.01. The largest absolute Gasteiger partial charge is 0.416 e. The average molecular weight is 532 g/mol. The molecule has 1 atom stereocenters. The second-order valence-corrected chi connectivity index (χ2v) is 9.04. The standard InChI is InChI=1S/C27H22ClF4N3O2/c1-16-10-11-18(22(28)12-16)19-13-34(14-20-21(27(30,31)32)8-5-9-23(20)29)26(37)35(25(19)36)15-24(33)17-6-3-2-4-7-17/h2-13,24H,14-15,33H2,1H3/t24-/m0/s1. The Kier molecular flexibility index (Phi) is 7.38. The summed E-state index contributed by atoms with van der Waals surface area (Å²) in [6, 6.07) is 15.4. The number of halogens is 5. The van der Waals surface area contributed by atoms with Gasteiger partial charge in [-0.25, -0.2) is 9.18 Å². The minimum Gasteiger partial charge on any atom is -0.322 e. The quantitative estimate of drug-likeness (QED) is 0.332. The van der Waals surface area contributed by atoms with Crippen LogP contribution in [-0.2, 0) is 19.3 Å². The maximum atomic E-state index is 14.6. The molecule has 10 heteroatoms. The summed E-state index contributed by atoms with van der Waals surface area (Å²) in [5.41, 5.74) is 4.38. The molecule has 0 radical (unpaired) electrons. The van der Waals surface area contributed by atoms with E-state index in [1.54, 1.807) is 55.5 Å². The van der Waals surface area contributed by atoms with E-state index in [0.717, 1.165) is 39.1 Å². The Morgan fingerprint density at radius 1 is 0.973 bits per heavy atom. The normalized spacial score (nSPS) is 12.5. The van der Waals surface area contributed by atoms with E-state index < -0.39 is 47.0 Å². The summed E-state index contributed by atoms with van der Waals surface area (Å²) in [4.78, 5) is 26.9. The molecule has 0 aliphatic rings. The third-order valence-corrected chi connectivity index (χ3v) is 6.32. The van der Waals surface area contributed by atoms with Crippen LogP contribution in [0.2, 0.25) is 5.02 Å². The van der Waals surface area contributed by atoms with E-state index in [1.165, 1.54) is 0 Å². The van der Waals surface area contributed by atoms with Crippen LogP contribution in [0.25, 0.3) is 11.1 Å². The molecular weight excluding hydrogens is 510 g/mol. The van der Waals surface area contributed by atoms with Crippen molar-refractivity contribution < 1.29 is 17.6 Å². The third kappa shape index (κ3) is 5.52. The lowest BCUT2D eigenvalue weighted by Crippen LogP contribution is -2.43. The van der Waals surface area contributed by atoms with E-state index in [1.807, 2.05) is 0 Å². The zero-order chi connectivity index (χ0) is 26.9. The smallest absolute Gasteiger partial charge is 0.322 e. The highest BCUT2D eigenvalue weighted by atomic mass is 35.5. The van der Waals surface area contributed by atoms with Crippen LogP contribution in [0.5, 0.6) is 0 Å². The fourth-order valence-corrected chi connectivity index (χ4v) is 4.45. The highest BCUT2D eigenvalue weighted by Gasteiger charge is 2.34. The summed E-state index contributed by atoms with van der Waals surface area (Å²) in [7, 11) is 0. The minimum absolute atomic E-state index is 0.0326. The van der Waals surface area contributed by atoms with Crippen LogP contribution in [0.1, 0.15) is 28.3 Å². The first kappa shape index (κ1) is 26.4. The lowest BCUT2D eigenvalue weighted by atomic mass is 10.0. The first-order valence-corrected chi connectivity index (χ1v) is 11.6. The molecule has 3 aromatic carbocycles. The first-order valence-electron chi connectivity index (χ1n) is 11.2. The Morgan fingerprint density at radius 3 is 2.32 bits per heavy atom. The minimum atomic E-state index is -4.85. The predicted molar refractivity (Wildman–Crippen MR) is 134 cm³/mol. The average Bonchev–Trinajstić information content (AvgIpc) is 2.84. The van der Waals surface area contributed by atoms with Crippen molar-refractivity contribution in [1.29, 1.82) is 0 Å². The Hall–Kier alpha value is -3.69. The van der Waals surface area contributed by atoms with Crippen molar-refractivity contribution >= 4 is 11.6 Å². The highest BCUT2D eigenvalue weighted by molar-refractivity contribution is 6.33. The van der Waals surface area contributed by atoms with Gasteiger partial charge in [0.1, 0.15) is 5.82 Å². The molecule has 0 aliphatic carbocycles. The summed E-state index contributed by atoms with van der Waals surface area (Å²) in [5, 5.41) is 0.211. The maximum absolute atomic E-state index is 14.6. The van der Waals surface area contributed by atoms with Gasteiger partial charge in [-0.05, 0) is 36.2 Å². The van der Waals surface area contributed by atoms with Gasteiger partial charge in [0.05, 0.1) is 24.2 Å². The number of rotatable bonds is 6. The van der Waals surface area contributed by atoms with Crippen molar-refractivity contribution in [1.82, 2.24) is 9.13 Å². The topological polar surface area (TPSA) is 70.0 Å². The fraction of sp³-hybridized carbons (Fsp3) is 0.185. The number of hydrogen-bond donors (Lipinski definition) is 1. The summed E-state index contributed by atoms with van der Waals surface area (Å²) in [6.07, 6.45) is -3.74. The molecule has 1 heterocycles. The van der Waals surface area contributed by atoms with Crippen LogP contribution < -0.4 is 17.0 Å². The fourth-order valence-electron chi connectivity index (χ4n) is 4.11. The van der Waals surface area contributed by atoms with E-state index in [9.17, 15) is 27.2 Å². The van der Waals surface area contributed by atoms with Gasteiger partial charge < -0.3 is 5.73 Å². The molecular formula is C27H22ClF4N3O2. The molecule has 5 nitrogen and oxygen atoms in total. The van der Waals surface area contributed by atoms with E-state index in [-0.39, 0.29) is 22.7 Å². The second kappa shape index (κ2) is 10.4. The molecule has 4 rings (SSSR count). The molecule has 0 saturated carbocycles. The maximum Gasteiger partial charge on any atom is 0.416 e. The Bertz CT molecular complexity index is 1560. The number of alkyl halides is 3. The monoisotopic (exact) mass is 531 g/mol. The zero-order valence-electron chi connectivity index (χ0n) is 19.6. The molecule has 0 spiro atoms. The van der Waals surface area contributed by atoms with Crippen molar-refractivity contribution in [3.63, 3.8) is 0 Å². The van der Waals surface area contributed by atoms with E-state index >= 15 is 0 Å². The summed E-state index contributed by atoms with van der Waals surface area (Å²) < 4.78 is 57.2. The van der Waals surface area contributed by atoms with Gasteiger partial charge in [0.15, 0.2) is 0 Å². The molecule has 2 N–H and O–H groups in total. The van der Waals surface area contributed by atoms with Crippen LogP contribution >= 0.6 is 11.6 Å². The van der Waals surface area contributed by atoms with E-state index in [0.29, 0.717) is 5.56 Å². The SMILES string of the molecule is Cc1ccc(-c2cn(Cc3c(F)cccc3C(F)(F)F)c(=O)n(C[C@H](N)c3ccccc3)c2=O)c(Cl)c1. The van der Waals surface area contributed by atoms with Gasteiger partial charge in [-0.2, -0.15) is 13.2 Å². The Labute approximate surface area is 214 Å². The number of aryl methyl sites for hydroxylation is 1. The molecule has 0 bridgehead atoms. The Balaban J connectivity index is 1.92. The second-order valence-electron chi connectivity index (χ2n) is 8.63. The summed E-state index contributed by atoms with van der Waals surface area (Å²) in [6.45, 7) is 0.769. The number of aromatic nitrogens is 2. The van der Waals surface area contributed by atoms with Gasteiger partial charge in [-0.1, -0.05) is 60.1 Å². The van der Waals surface area contributed by atoms with Crippen LogP contribution in [0, 0.1) is 12.7 Å². The molecule has 192 valence electrons. The molecule has 4 aromatic rings.